The van der Waals surface area contributed by atoms with Crippen LogP contribution in [0.25, 0.3) is 0 Å². The lowest BCUT2D eigenvalue weighted by Crippen LogP contribution is -2.31. The smallest absolute Gasteiger partial charge is 0.332 e. The van der Waals surface area contributed by atoms with E-state index < -0.39 is 31.1 Å². The van der Waals surface area contributed by atoms with Gasteiger partial charge in [0.15, 0.2) is 18.9 Å². The molecule has 128 valence electrons. The van der Waals surface area contributed by atoms with E-state index in [1.165, 1.54) is 0 Å². The quantitative estimate of drug-likeness (QED) is 0.374. The highest BCUT2D eigenvalue weighted by Gasteiger charge is 2.17. The van der Waals surface area contributed by atoms with Crippen molar-refractivity contribution in [1.29, 1.82) is 0 Å². The van der Waals surface area contributed by atoms with Gasteiger partial charge < -0.3 is 23.7 Å². The zero-order valence-corrected chi connectivity index (χ0v) is 13.9. The normalized spacial score (nSPS) is 16.0. The second-order valence-corrected chi connectivity index (χ2v) is 4.75. The zero-order chi connectivity index (χ0) is 17.2. The van der Waals surface area contributed by atoms with Crippen molar-refractivity contribution in [3.63, 3.8) is 0 Å². The molecule has 0 amide bonds. The molecule has 0 bridgehead atoms. The Morgan fingerprint density at radius 3 is 2.00 bits per heavy atom. The highest BCUT2D eigenvalue weighted by molar-refractivity contribution is 5.81. The fraction of sp³-hybridized carbons (Fsp3) is 0.471. The van der Waals surface area contributed by atoms with Crippen molar-refractivity contribution in [2.75, 3.05) is 0 Å². The highest BCUT2D eigenvalue weighted by atomic mass is 16.8. The van der Waals surface area contributed by atoms with Gasteiger partial charge in [-0.2, -0.15) is 0 Å². The average molecular weight is 324 g/mol. The minimum atomic E-state index is -0.749. The second-order valence-electron chi connectivity index (χ2n) is 4.75. The van der Waals surface area contributed by atoms with Crippen LogP contribution in [0, 0.1) is 0 Å². The Labute approximate surface area is 136 Å². The Kier molecular flexibility index (Phi) is 8.32. The van der Waals surface area contributed by atoms with Crippen LogP contribution in [-0.2, 0) is 23.7 Å². The van der Waals surface area contributed by atoms with E-state index in [-0.39, 0.29) is 0 Å². The monoisotopic (exact) mass is 324 g/mol. The predicted molar refractivity (Wildman–Crippen MR) is 84.5 cm³/mol. The van der Waals surface area contributed by atoms with Gasteiger partial charge in [0.05, 0.1) is 0 Å². The first kappa shape index (κ1) is 19.2. The molecule has 0 fully saturated rings. The summed E-state index contributed by atoms with van der Waals surface area (Å²) in [4.78, 5) is 11.0. The van der Waals surface area contributed by atoms with Crippen molar-refractivity contribution in [3.05, 3.63) is 43.0 Å². The van der Waals surface area contributed by atoms with Gasteiger partial charge in [-0.05, 0) is 39.8 Å². The van der Waals surface area contributed by atoms with Crippen molar-refractivity contribution in [1.82, 2.24) is 0 Å². The van der Waals surface area contributed by atoms with Crippen LogP contribution in [-0.4, -0.2) is 31.1 Å². The van der Waals surface area contributed by atoms with Gasteiger partial charge in [-0.3, -0.25) is 0 Å². The summed E-state index contributed by atoms with van der Waals surface area (Å²) >= 11 is 0. The molecule has 6 nitrogen and oxygen atoms in total. The summed E-state index contributed by atoms with van der Waals surface area (Å²) in [7, 11) is 0. The van der Waals surface area contributed by atoms with Gasteiger partial charge in [0.25, 0.3) is 0 Å². The number of carbonyl (C=O) groups is 1. The number of rotatable bonds is 10. The Bertz CT molecular complexity index is 475. The van der Waals surface area contributed by atoms with Crippen molar-refractivity contribution < 1.29 is 28.5 Å². The number of carbonyl (C=O) groups excluding carboxylic acids is 1. The fourth-order valence-electron chi connectivity index (χ4n) is 1.83. The van der Waals surface area contributed by atoms with E-state index >= 15 is 0 Å². The van der Waals surface area contributed by atoms with Crippen LogP contribution in [0.2, 0.25) is 0 Å². The van der Waals surface area contributed by atoms with E-state index in [1.54, 1.807) is 27.7 Å². The molecule has 0 aromatic heterocycles. The van der Waals surface area contributed by atoms with E-state index in [9.17, 15) is 4.79 Å². The van der Waals surface area contributed by atoms with Gasteiger partial charge >= 0.3 is 5.97 Å². The van der Waals surface area contributed by atoms with E-state index in [0.717, 1.165) is 6.08 Å². The maximum Gasteiger partial charge on any atom is 0.332 e. The number of hydrogen-bond acceptors (Lipinski definition) is 6. The number of para-hydroxylation sites is 1. The lowest BCUT2D eigenvalue weighted by Gasteiger charge is -2.25. The first-order valence-electron chi connectivity index (χ1n) is 7.41. The molecule has 0 radical (unpaired) electrons. The van der Waals surface area contributed by atoms with Crippen molar-refractivity contribution in [3.8, 4) is 5.75 Å². The van der Waals surface area contributed by atoms with Crippen LogP contribution in [0.5, 0.6) is 5.75 Å². The molecular formula is C17H24O6. The Hall–Kier alpha value is -1.89. The van der Waals surface area contributed by atoms with Crippen molar-refractivity contribution in [2.45, 2.75) is 52.9 Å². The Balaban J connectivity index is 2.30. The summed E-state index contributed by atoms with van der Waals surface area (Å²) in [5.41, 5.74) is 0. The second kappa shape index (κ2) is 9.99. The first-order chi connectivity index (χ1) is 10.9. The Morgan fingerprint density at radius 1 is 0.913 bits per heavy atom. The number of hydrogen-bond donors (Lipinski definition) is 0. The average Bonchev–Trinajstić information content (AvgIpc) is 2.47. The molecule has 1 aromatic rings. The predicted octanol–water partition coefficient (Wildman–Crippen LogP) is 3.23. The summed E-state index contributed by atoms with van der Waals surface area (Å²) in [5.74, 6) is 0.153. The summed E-state index contributed by atoms with van der Waals surface area (Å²) in [6, 6.07) is 9.34. The van der Waals surface area contributed by atoms with E-state index in [1.807, 2.05) is 30.3 Å². The minimum absolute atomic E-state index is 0.490. The molecule has 6 heteroatoms. The third-order valence-electron chi connectivity index (χ3n) is 2.64. The van der Waals surface area contributed by atoms with Crippen LogP contribution >= 0.6 is 0 Å². The molecule has 1 rings (SSSR count). The Morgan fingerprint density at radius 2 is 1.43 bits per heavy atom. The van der Waals surface area contributed by atoms with Crippen molar-refractivity contribution in [2.24, 2.45) is 0 Å². The molecule has 4 atom stereocenters. The topological polar surface area (TPSA) is 63.2 Å². The molecule has 0 aliphatic rings. The van der Waals surface area contributed by atoms with E-state index in [4.69, 9.17) is 23.7 Å². The number of esters is 1. The lowest BCUT2D eigenvalue weighted by atomic mass is 10.3. The standard InChI is InChI=1S/C17H24O6/c1-6-17(18)23-15(5)21-13(3)19-12(2)20-14(4)22-16-10-8-7-9-11-16/h6-15H,1H2,2-5H3. The SMILES string of the molecule is C=CC(=O)OC(C)OC(C)OC(C)OC(C)Oc1ccccc1. The molecule has 0 aliphatic heterocycles. The summed E-state index contributed by atoms with van der Waals surface area (Å²) in [6.45, 7) is 10.1. The van der Waals surface area contributed by atoms with Crippen molar-refractivity contribution >= 4 is 5.97 Å². The van der Waals surface area contributed by atoms with Crippen LogP contribution in [0.1, 0.15) is 27.7 Å². The molecule has 0 saturated heterocycles. The number of ether oxygens (including phenoxy) is 5. The maximum atomic E-state index is 11.0. The maximum absolute atomic E-state index is 11.0. The van der Waals surface area contributed by atoms with Crippen LogP contribution in [0.4, 0.5) is 0 Å². The highest BCUT2D eigenvalue weighted by Crippen LogP contribution is 2.13. The molecule has 0 saturated carbocycles. The van der Waals surface area contributed by atoms with E-state index in [2.05, 4.69) is 6.58 Å². The van der Waals surface area contributed by atoms with Crippen LogP contribution in [0.15, 0.2) is 43.0 Å². The van der Waals surface area contributed by atoms with Crippen LogP contribution < -0.4 is 4.74 Å². The van der Waals surface area contributed by atoms with Gasteiger partial charge in [0, 0.05) is 6.08 Å². The van der Waals surface area contributed by atoms with Gasteiger partial charge in [-0.1, -0.05) is 24.8 Å². The molecule has 0 spiro atoms. The molecular weight excluding hydrogens is 300 g/mol. The molecule has 0 aliphatic carbocycles. The first-order valence-corrected chi connectivity index (χ1v) is 7.41. The third kappa shape index (κ3) is 8.35. The van der Waals surface area contributed by atoms with Gasteiger partial charge in [0.2, 0.25) is 6.29 Å². The summed E-state index contributed by atoms with van der Waals surface area (Å²) in [6.07, 6.45) is -1.36. The molecule has 4 unspecified atom stereocenters. The zero-order valence-electron chi connectivity index (χ0n) is 13.9. The summed E-state index contributed by atoms with van der Waals surface area (Å²) in [5, 5.41) is 0. The fourth-order valence-corrected chi connectivity index (χ4v) is 1.83. The number of benzene rings is 1. The summed E-state index contributed by atoms with van der Waals surface area (Å²) < 4.78 is 26.9. The molecule has 0 heterocycles. The largest absolute Gasteiger partial charge is 0.465 e. The van der Waals surface area contributed by atoms with Gasteiger partial charge in [-0.25, -0.2) is 4.79 Å². The van der Waals surface area contributed by atoms with Gasteiger partial charge in [-0.15, -0.1) is 0 Å². The molecule has 0 N–H and O–H groups in total. The van der Waals surface area contributed by atoms with Gasteiger partial charge in [0.1, 0.15) is 5.75 Å². The lowest BCUT2D eigenvalue weighted by molar-refractivity contribution is -0.293. The van der Waals surface area contributed by atoms with Crippen LogP contribution in [0.3, 0.4) is 0 Å². The minimum Gasteiger partial charge on any atom is -0.465 e. The van der Waals surface area contributed by atoms with E-state index in [0.29, 0.717) is 5.75 Å². The third-order valence-corrected chi connectivity index (χ3v) is 2.64. The molecule has 1 aromatic carbocycles. The molecule has 23 heavy (non-hydrogen) atoms.